The Hall–Kier alpha value is -1.88. The predicted octanol–water partition coefficient (Wildman–Crippen LogP) is 4.89. The van der Waals surface area contributed by atoms with Crippen LogP contribution >= 0.6 is 34.5 Å². The van der Waals surface area contributed by atoms with Gasteiger partial charge in [-0.1, -0.05) is 48.0 Å². The summed E-state index contributed by atoms with van der Waals surface area (Å²) >= 11 is 14.5. The third-order valence-electron chi connectivity index (χ3n) is 3.45. The zero-order valence-corrected chi connectivity index (χ0v) is 14.2. The zero-order valence-electron chi connectivity index (χ0n) is 11.9. The Kier molecular flexibility index (Phi) is 4.66. The first-order chi connectivity index (χ1) is 11.1. The highest BCUT2D eigenvalue weighted by Crippen LogP contribution is 2.41. The molecule has 3 nitrogen and oxygen atoms in total. The number of nitrogens with two attached hydrogens (primary N) is 1. The molecule has 2 N–H and O–H groups in total. The normalized spacial score (nSPS) is 12.1. The summed E-state index contributed by atoms with van der Waals surface area (Å²) in [5, 5.41) is 2.42. The predicted molar refractivity (Wildman–Crippen MR) is 95.2 cm³/mol. The van der Waals surface area contributed by atoms with Crippen molar-refractivity contribution in [3.05, 3.63) is 75.8 Å². The van der Waals surface area contributed by atoms with Gasteiger partial charge in [-0.25, -0.2) is 4.98 Å². The number of hydrogen-bond acceptors (Lipinski definition) is 3. The van der Waals surface area contributed by atoms with Gasteiger partial charge >= 0.3 is 0 Å². The summed E-state index contributed by atoms with van der Waals surface area (Å²) in [4.78, 5) is 15.9. The first-order valence-corrected chi connectivity index (χ1v) is 8.50. The summed E-state index contributed by atoms with van der Waals surface area (Å²) in [6, 6.07) is 13.1. The molecule has 0 bridgehead atoms. The molecule has 0 spiro atoms. The van der Waals surface area contributed by atoms with Crippen LogP contribution in [-0.4, -0.2) is 10.9 Å². The largest absolute Gasteiger partial charge is 0.366 e. The van der Waals surface area contributed by atoms with E-state index < -0.39 is 11.3 Å². The summed E-state index contributed by atoms with van der Waals surface area (Å²) in [6.07, 6.45) is 1.68. The lowest BCUT2D eigenvalue weighted by Gasteiger charge is -2.17. The van der Waals surface area contributed by atoms with Crippen molar-refractivity contribution in [1.82, 2.24) is 4.98 Å². The van der Waals surface area contributed by atoms with E-state index in [-0.39, 0.29) is 10.6 Å². The van der Waals surface area contributed by atoms with Crippen molar-refractivity contribution in [3.8, 4) is 10.6 Å². The van der Waals surface area contributed by atoms with Gasteiger partial charge in [-0.05, 0) is 17.2 Å². The van der Waals surface area contributed by atoms with Crippen LogP contribution < -0.4 is 5.73 Å². The number of thiazole rings is 1. The second-order valence-electron chi connectivity index (χ2n) is 4.87. The van der Waals surface area contributed by atoms with Crippen molar-refractivity contribution in [3.63, 3.8) is 0 Å². The lowest BCUT2D eigenvalue weighted by Crippen LogP contribution is -2.12. The molecule has 1 atom stereocenters. The molecule has 3 aromatic rings. The second-order valence-corrected chi connectivity index (χ2v) is 6.58. The molecule has 1 aromatic heterocycles. The Bertz CT molecular complexity index is 835. The summed E-state index contributed by atoms with van der Waals surface area (Å²) in [5.74, 6) is -0.579. The number of nitrogens with zero attached hydrogens (tertiary/aromatic N) is 1. The molecule has 0 fully saturated rings. The van der Waals surface area contributed by atoms with Crippen LogP contribution in [0.5, 0.6) is 0 Å². The number of rotatable bonds is 4. The van der Waals surface area contributed by atoms with Gasteiger partial charge in [-0.15, -0.1) is 22.9 Å². The number of carbonyl (C=O) groups is 1. The number of halogens is 2. The molecule has 6 heteroatoms. The van der Waals surface area contributed by atoms with Gasteiger partial charge < -0.3 is 5.73 Å². The van der Waals surface area contributed by atoms with Crippen molar-refractivity contribution >= 4 is 40.4 Å². The Balaban J connectivity index is 2.21. The van der Waals surface area contributed by atoms with Crippen LogP contribution in [0.4, 0.5) is 0 Å². The van der Waals surface area contributed by atoms with Gasteiger partial charge in [0.05, 0.1) is 16.0 Å². The first-order valence-electron chi connectivity index (χ1n) is 6.80. The molecule has 116 valence electrons. The Morgan fingerprint density at radius 3 is 2.52 bits per heavy atom. The number of alkyl halides is 1. The molecule has 0 aliphatic heterocycles. The van der Waals surface area contributed by atoms with Gasteiger partial charge in [0.1, 0.15) is 5.01 Å². The van der Waals surface area contributed by atoms with Crippen molar-refractivity contribution in [2.24, 2.45) is 5.73 Å². The number of amides is 1. The summed E-state index contributed by atoms with van der Waals surface area (Å²) in [6.45, 7) is 0. The minimum atomic E-state index is -0.579. The molecule has 0 radical (unpaired) electrons. The topological polar surface area (TPSA) is 56.0 Å². The molecule has 0 aliphatic rings. The van der Waals surface area contributed by atoms with Crippen LogP contribution in [0.15, 0.2) is 54.0 Å². The van der Waals surface area contributed by atoms with Gasteiger partial charge in [-0.3, -0.25) is 4.79 Å². The molecule has 0 aliphatic carbocycles. The van der Waals surface area contributed by atoms with E-state index in [1.807, 2.05) is 35.7 Å². The average molecular weight is 363 g/mol. The van der Waals surface area contributed by atoms with Crippen LogP contribution in [0.1, 0.15) is 26.9 Å². The number of primary amides is 1. The van der Waals surface area contributed by atoms with Crippen molar-refractivity contribution in [1.29, 1.82) is 0 Å². The highest BCUT2D eigenvalue weighted by molar-refractivity contribution is 7.13. The van der Waals surface area contributed by atoms with Crippen LogP contribution in [0.25, 0.3) is 10.6 Å². The van der Waals surface area contributed by atoms with Crippen LogP contribution in [0.2, 0.25) is 5.02 Å². The van der Waals surface area contributed by atoms with Gasteiger partial charge in [-0.2, -0.15) is 0 Å². The van der Waals surface area contributed by atoms with E-state index in [2.05, 4.69) is 4.98 Å². The maximum absolute atomic E-state index is 11.6. The fourth-order valence-corrected chi connectivity index (χ4v) is 3.81. The molecule has 1 amide bonds. The Labute approximate surface area is 147 Å². The summed E-state index contributed by atoms with van der Waals surface area (Å²) < 4.78 is 0. The van der Waals surface area contributed by atoms with E-state index in [0.29, 0.717) is 10.6 Å². The lowest BCUT2D eigenvalue weighted by molar-refractivity contribution is 0.100. The van der Waals surface area contributed by atoms with E-state index in [9.17, 15) is 4.79 Å². The van der Waals surface area contributed by atoms with E-state index in [1.54, 1.807) is 18.3 Å². The number of carbonyl (C=O) groups excluding carboxylic acids is 1. The van der Waals surface area contributed by atoms with E-state index in [0.717, 1.165) is 11.1 Å². The fraction of sp³-hybridized carbons (Fsp3) is 0.0588. The highest BCUT2D eigenvalue weighted by Gasteiger charge is 2.23. The molecule has 1 unspecified atom stereocenters. The lowest BCUT2D eigenvalue weighted by atomic mass is 9.97. The Morgan fingerprint density at radius 2 is 1.91 bits per heavy atom. The maximum atomic E-state index is 11.6. The SMILES string of the molecule is NC(=O)c1ccc(C(Cl)c2ccccc2)c(-c2nccs2)c1Cl. The van der Waals surface area contributed by atoms with Crippen molar-refractivity contribution in [2.75, 3.05) is 0 Å². The maximum Gasteiger partial charge on any atom is 0.250 e. The first kappa shape index (κ1) is 16.0. The Morgan fingerprint density at radius 1 is 1.17 bits per heavy atom. The van der Waals surface area contributed by atoms with Crippen LogP contribution in [0.3, 0.4) is 0 Å². The molecule has 3 rings (SSSR count). The summed E-state index contributed by atoms with van der Waals surface area (Å²) in [5.41, 5.74) is 8.05. The molecule has 0 saturated carbocycles. The quantitative estimate of drug-likeness (QED) is 0.671. The molecule has 0 saturated heterocycles. The van der Waals surface area contributed by atoms with E-state index in [4.69, 9.17) is 28.9 Å². The standard InChI is InChI=1S/C17H12Cl2N2OS/c18-14(10-4-2-1-3-5-10)11-6-7-12(16(20)22)15(19)13(11)17-21-8-9-23-17/h1-9,14H,(H2,20,22). The van der Waals surface area contributed by atoms with Crippen molar-refractivity contribution < 1.29 is 4.79 Å². The van der Waals surface area contributed by atoms with Crippen molar-refractivity contribution in [2.45, 2.75) is 5.38 Å². The minimum Gasteiger partial charge on any atom is -0.366 e. The van der Waals surface area contributed by atoms with E-state index >= 15 is 0 Å². The zero-order chi connectivity index (χ0) is 16.4. The van der Waals surface area contributed by atoms with Gasteiger partial charge in [0.2, 0.25) is 5.91 Å². The number of aromatic nitrogens is 1. The van der Waals surface area contributed by atoms with Gasteiger partial charge in [0.25, 0.3) is 0 Å². The molecule has 23 heavy (non-hydrogen) atoms. The third-order valence-corrected chi connectivity index (χ3v) is 5.12. The van der Waals surface area contributed by atoms with Crippen LogP contribution in [0, 0.1) is 0 Å². The number of hydrogen-bond donors (Lipinski definition) is 1. The van der Waals surface area contributed by atoms with Crippen LogP contribution in [-0.2, 0) is 0 Å². The highest BCUT2D eigenvalue weighted by atomic mass is 35.5. The minimum absolute atomic E-state index is 0.262. The molecular weight excluding hydrogens is 351 g/mol. The summed E-state index contributed by atoms with van der Waals surface area (Å²) in [7, 11) is 0. The number of benzene rings is 2. The smallest absolute Gasteiger partial charge is 0.250 e. The molecule has 1 heterocycles. The fourth-order valence-electron chi connectivity index (χ4n) is 2.36. The monoisotopic (exact) mass is 362 g/mol. The molecule has 2 aromatic carbocycles. The van der Waals surface area contributed by atoms with Gasteiger partial charge in [0, 0.05) is 17.1 Å². The third kappa shape index (κ3) is 3.11. The van der Waals surface area contributed by atoms with E-state index in [1.165, 1.54) is 11.3 Å². The average Bonchev–Trinajstić information content (AvgIpc) is 3.08. The second kappa shape index (κ2) is 6.71. The van der Waals surface area contributed by atoms with Gasteiger partial charge in [0.15, 0.2) is 0 Å². The molecular formula is C17H12Cl2N2OS.